The summed E-state index contributed by atoms with van der Waals surface area (Å²) in [6, 6.07) is 22.7. The van der Waals surface area contributed by atoms with E-state index in [2.05, 4.69) is 6.92 Å². The number of pyridine rings is 1. The van der Waals surface area contributed by atoms with Gasteiger partial charge in [-0.15, -0.1) is 0 Å². The molecule has 0 atom stereocenters. The van der Waals surface area contributed by atoms with Crippen molar-refractivity contribution in [3.05, 3.63) is 101 Å². The lowest BCUT2D eigenvalue weighted by atomic mass is 9.96. The van der Waals surface area contributed by atoms with Crippen LogP contribution >= 0.6 is 0 Å². The third-order valence-electron chi connectivity index (χ3n) is 5.23. The Bertz CT molecular complexity index is 1200. The topological polar surface area (TPSA) is 47.8 Å². The van der Waals surface area contributed by atoms with Crippen molar-refractivity contribution in [1.82, 2.24) is 4.40 Å². The molecule has 0 aliphatic rings. The molecule has 4 heteroatoms. The summed E-state index contributed by atoms with van der Waals surface area (Å²) in [7, 11) is 0. The molecule has 0 N–H and O–H groups in total. The predicted molar refractivity (Wildman–Crippen MR) is 118 cm³/mol. The van der Waals surface area contributed by atoms with Crippen LogP contribution in [0.25, 0.3) is 16.6 Å². The maximum absolute atomic E-state index is 13.7. The number of ketones is 1. The fourth-order valence-corrected chi connectivity index (χ4v) is 3.76. The number of aromatic nitrogens is 1. The predicted octanol–water partition coefficient (Wildman–Crippen LogP) is 5.58. The zero-order chi connectivity index (χ0) is 21.1. The van der Waals surface area contributed by atoms with E-state index >= 15 is 0 Å². The first kappa shape index (κ1) is 19.6. The van der Waals surface area contributed by atoms with Crippen LogP contribution in [0.15, 0.2) is 79.0 Å². The molecule has 0 radical (unpaired) electrons. The average molecular weight is 397 g/mol. The molecule has 0 aliphatic heterocycles. The van der Waals surface area contributed by atoms with Gasteiger partial charge in [-0.1, -0.05) is 67.6 Å². The first-order chi connectivity index (χ1) is 14.7. The van der Waals surface area contributed by atoms with Crippen LogP contribution in [0.5, 0.6) is 0 Å². The van der Waals surface area contributed by atoms with Crippen LogP contribution < -0.4 is 0 Å². The fraction of sp³-hybridized carbons (Fsp3) is 0.154. The zero-order valence-corrected chi connectivity index (χ0v) is 17.1. The summed E-state index contributed by atoms with van der Waals surface area (Å²) in [6.07, 6.45) is 2.73. The van der Waals surface area contributed by atoms with Gasteiger partial charge in [0.1, 0.15) is 5.69 Å². The second-order valence-corrected chi connectivity index (χ2v) is 7.02. The number of carbonyl (C=O) groups excluding carboxylic acids is 2. The Hall–Kier alpha value is -3.66. The lowest BCUT2D eigenvalue weighted by Gasteiger charge is -2.09. The Morgan fingerprint density at radius 3 is 2.23 bits per heavy atom. The van der Waals surface area contributed by atoms with Crippen LogP contribution in [0.4, 0.5) is 0 Å². The molecule has 0 bridgehead atoms. The first-order valence-corrected chi connectivity index (χ1v) is 10.1. The quantitative estimate of drug-likeness (QED) is 0.315. The van der Waals surface area contributed by atoms with Gasteiger partial charge in [-0.05, 0) is 36.6 Å². The van der Waals surface area contributed by atoms with Gasteiger partial charge in [-0.3, -0.25) is 4.79 Å². The standard InChI is InChI=1S/C26H23NO3/c1-3-18-13-15-20(16-14-18)25(28)24-22(19-10-6-5-7-11-19)23(26(29)30-4-2)21-12-8-9-17-27(21)24/h5-17H,3-4H2,1-2H3. The number of ether oxygens (including phenoxy) is 1. The summed E-state index contributed by atoms with van der Waals surface area (Å²) < 4.78 is 7.16. The van der Waals surface area contributed by atoms with Crippen molar-refractivity contribution >= 4 is 17.3 Å². The molecule has 4 nitrogen and oxygen atoms in total. The number of carbonyl (C=O) groups is 2. The van der Waals surface area contributed by atoms with E-state index < -0.39 is 5.97 Å². The highest BCUT2D eigenvalue weighted by molar-refractivity contribution is 6.18. The SMILES string of the molecule is CCOC(=O)c1c(-c2ccccc2)c(C(=O)c2ccc(CC)cc2)n2ccccc12. The maximum Gasteiger partial charge on any atom is 0.340 e. The Morgan fingerprint density at radius 2 is 1.57 bits per heavy atom. The lowest BCUT2D eigenvalue weighted by Crippen LogP contribution is -2.08. The van der Waals surface area contributed by atoms with Crippen molar-refractivity contribution in [2.24, 2.45) is 0 Å². The van der Waals surface area contributed by atoms with Crippen molar-refractivity contribution in [3.63, 3.8) is 0 Å². The number of rotatable bonds is 6. The Balaban J connectivity index is 2.02. The molecule has 2 heterocycles. The average Bonchev–Trinajstić information content (AvgIpc) is 3.14. The van der Waals surface area contributed by atoms with E-state index in [0.29, 0.717) is 27.9 Å². The van der Waals surface area contributed by atoms with Gasteiger partial charge in [0.05, 0.1) is 17.7 Å². The van der Waals surface area contributed by atoms with Gasteiger partial charge in [-0.25, -0.2) is 4.79 Å². The van der Waals surface area contributed by atoms with E-state index in [0.717, 1.165) is 12.0 Å². The highest BCUT2D eigenvalue weighted by atomic mass is 16.5. The third-order valence-corrected chi connectivity index (χ3v) is 5.23. The van der Waals surface area contributed by atoms with Crippen LogP contribution in [0, 0.1) is 0 Å². The van der Waals surface area contributed by atoms with E-state index in [1.165, 1.54) is 5.56 Å². The molecule has 2 aromatic carbocycles. The van der Waals surface area contributed by atoms with Gasteiger partial charge in [-0.2, -0.15) is 0 Å². The summed E-state index contributed by atoms with van der Waals surface area (Å²) in [5.41, 5.74) is 4.69. The highest BCUT2D eigenvalue weighted by Gasteiger charge is 2.29. The molecule has 4 rings (SSSR count). The largest absolute Gasteiger partial charge is 0.462 e. The van der Waals surface area contributed by atoms with Gasteiger partial charge in [0.15, 0.2) is 0 Å². The van der Waals surface area contributed by atoms with Crippen LogP contribution in [0.3, 0.4) is 0 Å². The first-order valence-electron chi connectivity index (χ1n) is 10.1. The highest BCUT2D eigenvalue weighted by Crippen LogP contribution is 2.35. The normalized spacial score (nSPS) is 10.9. The minimum Gasteiger partial charge on any atom is -0.462 e. The summed E-state index contributed by atoms with van der Waals surface area (Å²) in [5.74, 6) is -0.561. The van der Waals surface area contributed by atoms with Crippen molar-refractivity contribution < 1.29 is 14.3 Å². The van der Waals surface area contributed by atoms with Gasteiger partial charge in [0.2, 0.25) is 5.78 Å². The summed E-state index contributed by atoms with van der Waals surface area (Å²) in [5, 5.41) is 0. The van der Waals surface area contributed by atoms with Crippen molar-refractivity contribution in [2.75, 3.05) is 6.61 Å². The minimum absolute atomic E-state index is 0.131. The monoisotopic (exact) mass is 397 g/mol. The second kappa shape index (κ2) is 8.37. The van der Waals surface area contributed by atoms with Crippen molar-refractivity contribution in [3.8, 4) is 11.1 Å². The fourth-order valence-electron chi connectivity index (χ4n) is 3.76. The van der Waals surface area contributed by atoms with Crippen LogP contribution in [-0.2, 0) is 11.2 Å². The number of aryl methyl sites for hydroxylation is 1. The molecule has 0 saturated heterocycles. The number of fused-ring (bicyclic) bond motifs is 1. The molecule has 0 aliphatic carbocycles. The number of hydrogen-bond acceptors (Lipinski definition) is 3. The number of nitrogens with zero attached hydrogens (tertiary/aromatic N) is 1. The molecule has 0 spiro atoms. The second-order valence-electron chi connectivity index (χ2n) is 7.02. The van der Waals surface area contributed by atoms with E-state index in [-0.39, 0.29) is 12.4 Å². The van der Waals surface area contributed by atoms with Crippen molar-refractivity contribution in [1.29, 1.82) is 0 Å². The van der Waals surface area contributed by atoms with Crippen LogP contribution in [0.1, 0.15) is 45.8 Å². The van der Waals surface area contributed by atoms with E-state index in [1.54, 1.807) is 11.3 Å². The Labute approximate surface area is 175 Å². The molecular formula is C26H23NO3. The molecule has 30 heavy (non-hydrogen) atoms. The van der Waals surface area contributed by atoms with E-state index in [4.69, 9.17) is 4.74 Å². The molecule has 0 fully saturated rings. The summed E-state index contributed by atoms with van der Waals surface area (Å²) >= 11 is 0. The Morgan fingerprint density at radius 1 is 0.867 bits per heavy atom. The number of benzene rings is 2. The van der Waals surface area contributed by atoms with E-state index in [1.807, 2.05) is 79.0 Å². The molecule has 4 aromatic rings. The molecule has 0 amide bonds. The summed E-state index contributed by atoms with van der Waals surface area (Å²) in [6.45, 7) is 4.12. The van der Waals surface area contributed by atoms with Gasteiger partial charge in [0.25, 0.3) is 0 Å². The molecule has 2 aromatic heterocycles. The molecular weight excluding hydrogens is 374 g/mol. The smallest absolute Gasteiger partial charge is 0.340 e. The third kappa shape index (κ3) is 3.41. The van der Waals surface area contributed by atoms with Crippen LogP contribution in [0.2, 0.25) is 0 Å². The molecule has 0 saturated carbocycles. The van der Waals surface area contributed by atoms with E-state index in [9.17, 15) is 9.59 Å². The zero-order valence-electron chi connectivity index (χ0n) is 17.1. The Kier molecular flexibility index (Phi) is 5.48. The summed E-state index contributed by atoms with van der Waals surface area (Å²) in [4.78, 5) is 26.6. The van der Waals surface area contributed by atoms with Gasteiger partial charge in [0, 0.05) is 17.3 Å². The van der Waals surface area contributed by atoms with Gasteiger partial charge >= 0.3 is 5.97 Å². The molecule has 150 valence electrons. The number of esters is 1. The lowest BCUT2D eigenvalue weighted by molar-refractivity contribution is 0.0529. The van der Waals surface area contributed by atoms with Gasteiger partial charge < -0.3 is 9.14 Å². The van der Waals surface area contributed by atoms with Crippen molar-refractivity contribution in [2.45, 2.75) is 20.3 Å². The molecule has 0 unspecified atom stereocenters. The minimum atomic E-state index is -0.430. The maximum atomic E-state index is 13.7. The van der Waals surface area contributed by atoms with Crippen LogP contribution in [-0.4, -0.2) is 22.8 Å². The number of hydrogen-bond donors (Lipinski definition) is 0.